The molecule has 0 radical (unpaired) electrons. The lowest BCUT2D eigenvalue weighted by atomic mass is 10.3. The predicted octanol–water partition coefficient (Wildman–Crippen LogP) is 1.80. The van der Waals surface area contributed by atoms with E-state index in [9.17, 15) is 17.6 Å². The smallest absolute Gasteiger partial charge is 0.231 e. The fourth-order valence-corrected chi connectivity index (χ4v) is 0.249. The standard InChI is InChI=1S/C4H3F4N/c5-3(2-9)1-4(6,7)8/h3H,1H2. The summed E-state index contributed by atoms with van der Waals surface area (Å²) in [6.07, 6.45) is -8.68. The molecule has 0 aromatic carbocycles. The number of rotatable bonds is 1. The number of nitrogens with zero attached hydrogens (tertiary/aromatic N) is 1. The Labute approximate surface area is 48.9 Å². The van der Waals surface area contributed by atoms with Gasteiger partial charge < -0.3 is 0 Å². The van der Waals surface area contributed by atoms with Gasteiger partial charge in [0.25, 0.3) is 0 Å². The van der Waals surface area contributed by atoms with Crippen molar-refractivity contribution in [3.8, 4) is 6.07 Å². The normalized spacial score (nSPS) is 14.6. The molecule has 0 fully saturated rings. The van der Waals surface area contributed by atoms with Gasteiger partial charge in [-0.3, -0.25) is 0 Å². The minimum atomic E-state index is -4.57. The Balaban J connectivity index is 3.63. The molecular weight excluding hydrogens is 138 g/mol. The van der Waals surface area contributed by atoms with Gasteiger partial charge in [0.05, 0.1) is 6.42 Å². The molecule has 0 bridgehead atoms. The molecule has 0 saturated carbocycles. The Morgan fingerprint density at radius 3 is 2.00 bits per heavy atom. The fraction of sp³-hybridized carbons (Fsp3) is 0.750. The Morgan fingerprint density at radius 2 is 1.89 bits per heavy atom. The SMILES string of the molecule is N#CC(F)CC(F)(F)F. The van der Waals surface area contributed by atoms with Gasteiger partial charge in [0.2, 0.25) is 0 Å². The lowest BCUT2D eigenvalue weighted by Gasteiger charge is -2.03. The molecule has 0 spiro atoms. The molecule has 1 unspecified atom stereocenters. The highest BCUT2D eigenvalue weighted by Crippen LogP contribution is 2.22. The van der Waals surface area contributed by atoms with Gasteiger partial charge in [-0.15, -0.1) is 0 Å². The third kappa shape index (κ3) is 5.07. The van der Waals surface area contributed by atoms with Crippen LogP contribution in [0, 0.1) is 11.3 Å². The Bertz CT molecular complexity index is 122. The second kappa shape index (κ2) is 2.67. The minimum absolute atomic E-state index is 0.835. The van der Waals surface area contributed by atoms with E-state index in [-0.39, 0.29) is 0 Å². The predicted molar refractivity (Wildman–Crippen MR) is 21.2 cm³/mol. The first kappa shape index (κ1) is 8.21. The van der Waals surface area contributed by atoms with Gasteiger partial charge in [-0.2, -0.15) is 18.4 Å². The highest BCUT2D eigenvalue weighted by Gasteiger charge is 2.31. The van der Waals surface area contributed by atoms with Crippen molar-refractivity contribution < 1.29 is 17.6 Å². The van der Waals surface area contributed by atoms with Crippen molar-refractivity contribution in [2.75, 3.05) is 0 Å². The maximum absolute atomic E-state index is 11.5. The lowest BCUT2D eigenvalue weighted by Crippen LogP contribution is -2.14. The monoisotopic (exact) mass is 141 g/mol. The van der Waals surface area contributed by atoms with Crippen LogP contribution in [0.25, 0.3) is 0 Å². The van der Waals surface area contributed by atoms with Crippen molar-refractivity contribution in [2.45, 2.75) is 18.8 Å². The summed E-state index contributed by atoms with van der Waals surface area (Å²) in [6.45, 7) is 0. The van der Waals surface area contributed by atoms with E-state index < -0.39 is 18.8 Å². The first-order valence-corrected chi connectivity index (χ1v) is 2.06. The third-order valence-corrected chi connectivity index (χ3v) is 0.551. The van der Waals surface area contributed by atoms with Gasteiger partial charge in [0.15, 0.2) is 6.17 Å². The lowest BCUT2D eigenvalue weighted by molar-refractivity contribution is -0.141. The number of nitriles is 1. The van der Waals surface area contributed by atoms with E-state index in [4.69, 9.17) is 5.26 Å². The zero-order valence-electron chi connectivity index (χ0n) is 4.24. The van der Waals surface area contributed by atoms with Crippen LogP contribution in [-0.4, -0.2) is 12.3 Å². The van der Waals surface area contributed by atoms with E-state index in [0.717, 1.165) is 6.07 Å². The van der Waals surface area contributed by atoms with Crippen LogP contribution in [0.15, 0.2) is 0 Å². The molecule has 0 aromatic heterocycles. The van der Waals surface area contributed by atoms with Crippen LogP contribution in [0.4, 0.5) is 17.6 Å². The Hall–Kier alpha value is -0.790. The minimum Gasteiger partial charge on any atom is -0.231 e. The van der Waals surface area contributed by atoms with Gasteiger partial charge in [-0.05, 0) is 0 Å². The van der Waals surface area contributed by atoms with Crippen molar-refractivity contribution in [2.24, 2.45) is 0 Å². The highest BCUT2D eigenvalue weighted by atomic mass is 19.4. The van der Waals surface area contributed by atoms with Gasteiger partial charge in [0.1, 0.15) is 6.07 Å². The topological polar surface area (TPSA) is 23.8 Å². The zero-order valence-corrected chi connectivity index (χ0v) is 4.24. The maximum atomic E-state index is 11.5. The summed E-state index contributed by atoms with van der Waals surface area (Å²) in [5.74, 6) is 0. The van der Waals surface area contributed by atoms with E-state index in [2.05, 4.69) is 0 Å². The van der Waals surface area contributed by atoms with Gasteiger partial charge in [-0.25, -0.2) is 4.39 Å². The summed E-state index contributed by atoms with van der Waals surface area (Å²) in [4.78, 5) is 0. The molecule has 1 atom stereocenters. The van der Waals surface area contributed by atoms with E-state index in [1.807, 2.05) is 0 Å². The van der Waals surface area contributed by atoms with Crippen LogP contribution in [0.5, 0.6) is 0 Å². The molecular formula is C4H3F4N. The molecule has 5 heteroatoms. The Kier molecular flexibility index (Phi) is 2.43. The van der Waals surface area contributed by atoms with E-state index in [1.165, 1.54) is 0 Å². The molecule has 0 aliphatic heterocycles. The number of halogens is 4. The second-order valence-corrected chi connectivity index (χ2v) is 1.42. The van der Waals surface area contributed by atoms with Gasteiger partial charge in [0, 0.05) is 0 Å². The molecule has 0 rings (SSSR count). The van der Waals surface area contributed by atoms with Crippen LogP contribution in [0.2, 0.25) is 0 Å². The van der Waals surface area contributed by atoms with Crippen LogP contribution in [0.1, 0.15) is 6.42 Å². The van der Waals surface area contributed by atoms with Crippen molar-refractivity contribution in [1.82, 2.24) is 0 Å². The summed E-state index contributed by atoms with van der Waals surface area (Å²) in [7, 11) is 0. The van der Waals surface area contributed by atoms with Crippen molar-refractivity contribution >= 4 is 0 Å². The summed E-state index contributed by atoms with van der Waals surface area (Å²) in [5, 5.41) is 7.57. The molecule has 0 saturated heterocycles. The summed E-state index contributed by atoms with van der Waals surface area (Å²) < 4.78 is 44.9. The maximum Gasteiger partial charge on any atom is 0.392 e. The summed E-state index contributed by atoms with van der Waals surface area (Å²) in [6, 6.07) is 0.835. The van der Waals surface area contributed by atoms with Crippen LogP contribution in [-0.2, 0) is 0 Å². The molecule has 0 N–H and O–H groups in total. The molecule has 0 aromatic rings. The average molecular weight is 141 g/mol. The van der Waals surface area contributed by atoms with Gasteiger partial charge >= 0.3 is 6.18 Å². The van der Waals surface area contributed by atoms with Crippen molar-refractivity contribution in [1.29, 1.82) is 5.26 Å². The summed E-state index contributed by atoms with van der Waals surface area (Å²) >= 11 is 0. The molecule has 0 amide bonds. The first-order valence-electron chi connectivity index (χ1n) is 2.06. The largest absolute Gasteiger partial charge is 0.392 e. The van der Waals surface area contributed by atoms with E-state index in [0.29, 0.717) is 0 Å². The molecule has 1 nitrogen and oxygen atoms in total. The summed E-state index contributed by atoms with van der Waals surface area (Å²) in [5.41, 5.74) is 0. The first-order chi connectivity index (χ1) is 3.95. The average Bonchev–Trinajstić information content (AvgIpc) is 1.62. The fourth-order valence-electron chi connectivity index (χ4n) is 0.249. The van der Waals surface area contributed by atoms with Crippen molar-refractivity contribution in [3.63, 3.8) is 0 Å². The molecule has 0 heterocycles. The highest BCUT2D eigenvalue weighted by molar-refractivity contribution is 4.84. The van der Waals surface area contributed by atoms with Crippen molar-refractivity contribution in [3.05, 3.63) is 0 Å². The molecule has 0 aliphatic carbocycles. The second-order valence-electron chi connectivity index (χ2n) is 1.42. The van der Waals surface area contributed by atoms with Crippen LogP contribution in [0.3, 0.4) is 0 Å². The van der Waals surface area contributed by atoms with Crippen LogP contribution < -0.4 is 0 Å². The number of hydrogen-bond donors (Lipinski definition) is 0. The molecule has 52 valence electrons. The zero-order chi connectivity index (χ0) is 7.49. The van der Waals surface area contributed by atoms with Crippen LogP contribution >= 0.6 is 0 Å². The third-order valence-electron chi connectivity index (χ3n) is 0.551. The van der Waals surface area contributed by atoms with E-state index in [1.54, 1.807) is 0 Å². The number of alkyl halides is 4. The van der Waals surface area contributed by atoms with Gasteiger partial charge in [-0.1, -0.05) is 0 Å². The quantitative estimate of drug-likeness (QED) is 0.511. The molecule has 9 heavy (non-hydrogen) atoms. The molecule has 0 aliphatic rings. The number of hydrogen-bond acceptors (Lipinski definition) is 1. The van der Waals surface area contributed by atoms with E-state index >= 15 is 0 Å². The Morgan fingerprint density at radius 1 is 1.44 bits per heavy atom.